The maximum atomic E-state index is 13.1. The number of anilines is 1. The zero-order valence-electron chi connectivity index (χ0n) is 17.6. The van der Waals surface area contributed by atoms with Crippen LogP contribution in [0.25, 0.3) is 22.0 Å². The lowest BCUT2D eigenvalue weighted by Gasteiger charge is -2.26. The first kappa shape index (κ1) is 21.3. The number of ether oxygens (including phenoxy) is 1. The van der Waals surface area contributed by atoms with Gasteiger partial charge in [0, 0.05) is 48.7 Å². The fourth-order valence-corrected chi connectivity index (χ4v) is 5.27. The maximum Gasteiger partial charge on any atom is 0.256 e. The van der Waals surface area contributed by atoms with E-state index in [1.807, 2.05) is 0 Å². The second-order valence-corrected chi connectivity index (χ2v) is 9.58. The van der Waals surface area contributed by atoms with Crippen molar-refractivity contribution in [3.63, 3.8) is 0 Å². The Morgan fingerprint density at radius 3 is 2.70 bits per heavy atom. The van der Waals surface area contributed by atoms with Crippen LogP contribution >= 0.6 is 0 Å². The second kappa shape index (κ2) is 8.10. The second-order valence-electron chi connectivity index (χ2n) is 7.64. The number of nitrogens with zero attached hydrogens (tertiary/aromatic N) is 2. The van der Waals surface area contributed by atoms with Crippen LogP contribution in [0.2, 0.25) is 0 Å². The number of H-pyrrole nitrogens is 1. The van der Waals surface area contributed by atoms with Crippen molar-refractivity contribution in [1.29, 1.82) is 0 Å². The highest BCUT2D eigenvalue weighted by Crippen LogP contribution is 2.25. The number of hydrogen-bond acceptors (Lipinski definition) is 7. The molecule has 2 N–H and O–H groups in total. The van der Waals surface area contributed by atoms with Crippen molar-refractivity contribution in [2.45, 2.75) is 11.8 Å². The van der Waals surface area contributed by atoms with Crippen LogP contribution in [0.3, 0.4) is 0 Å². The molecule has 0 saturated carbocycles. The molecule has 4 aromatic rings. The lowest BCUT2D eigenvalue weighted by atomic mass is 10.1. The number of carbonyl (C=O) groups excluding carboxylic acids is 1. The number of sulfonamides is 1. The number of aromatic nitrogens is 2. The van der Waals surface area contributed by atoms with Crippen molar-refractivity contribution < 1.29 is 22.4 Å². The molecular formula is C22H20N4O6S. The molecule has 1 aliphatic rings. The van der Waals surface area contributed by atoms with Crippen LogP contribution in [0, 0.1) is 6.92 Å². The molecule has 11 heteroatoms. The Morgan fingerprint density at radius 2 is 1.91 bits per heavy atom. The average molecular weight is 468 g/mol. The van der Waals surface area contributed by atoms with E-state index in [9.17, 15) is 18.0 Å². The van der Waals surface area contributed by atoms with E-state index in [0.29, 0.717) is 46.8 Å². The Hall–Kier alpha value is -3.54. The first-order valence-electron chi connectivity index (χ1n) is 10.2. The lowest BCUT2D eigenvalue weighted by Crippen LogP contribution is -2.40. The molecule has 170 valence electrons. The third-order valence-corrected chi connectivity index (χ3v) is 7.31. The zero-order valence-corrected chi connectivity index (χ0v) is 18.4. The molecule has 0 radical (unpaired) electrons. The summed E-state index contributed by atoms with van der Waals surface area (Å²) in [4.78, 5) is 32.2. The Morgan fingerprint density at radius 1 is 1.12 bits per heavy atom. The number of morpholine rings is 1. The predicted molar refractivity (Wildman–Crippen MR) is 121 cm³/mol. The van der Waals surface area contributed by atoms with Gasteiger partial charge in [-0.3, -0.25) is 9.59 Å². The van der Waals surface area contributed by atoms with Crippen LogP contribution in [0.4, 0.5) is 5.69 Å². The van der Waals surface area contributed by atoms with Crippen LogP contribution in [0.15, 0.2) is 56.6 Å². The highest BCUT2D eigenvalue weighted by atomic mass is 32.2. The van der Waals surface area contributed by atoms with Gasteiger partial charge in [0.2, 0.25) is 15.6 Å². The van der Waals surface area contributed by atoms with Crippen molar-refractivity contribution in [1.82, 2.24) is 14.3 Å². The molecular weight excluding hydrogens is 448 g/mol. The Kier molecular flexibility index (Phi) is 5.23. The molecule has 0 bridgehead atoms. The average Bonchev–Trinajstić information content (AvgIpc) is 3.18. The van der Waals surface area contributed by atoms with Gasteiger partial charge in [-0.1, -0.05) is 0 Å². The molecule has 1 saturated heterocycles. The van der Waals surface area contributed by atoms with E-state index in [-0.39, 0.29) is 23.5 Å². The van der Waals surface area contributed by atoms with Gasteiger partial charge in [-0.15, -0.1) is 0 Å². The summed E-state index contributed by atoms with van der Waals surface area (Å²) in [6.07, 6.45) is 0. The standard InChI is InChI=1S/C22H20N4O6S/c1-13-23-19-4-2-14(10-20(19)32-13)24-22(28)17-12-21(27)25-18-5-3-15(11-16(17)18)33(29,30)26-6-8-31-9-7-26/h2-5,10-12H,6-9H2,1H3,(H,24,28)(H,25,27). The van der Waals surface area contributed by atoms with Gasteiger partial charge in [-0.25, -0.2) is 13.4 Å². The topological polar surface area (TPSA) is 135 Å². The fourth-order valence-electron chi connectivity index (χ4n) is 3.83. The monoisotopic (exact) mass is 468 g/mol. The first-order chi connectivity index (χ1) is 15.8. The van der Waals surface area contributed by atoms with Crippen molar-refractivity contribution in [3.05, 3.63) is 64.3 Å². The van der Waals surface area contributed by atoms with Gasteiger partial charge in [0.25, 0.3) is 5.91 Å². The highest BCUT2D eigenvalue weighted by Gasteiger charge is 2.27. The molecule has 0 spiro atoms. The van der Waals surface area contributed by atoms with Gasteiger partial charge in [0.1, 0.15) is 5.52 Å². The number of oxazole rings is 1. The number of nitrogens with one attached hydrogen (secondary N) is 2. The highest BCUT2D eigenvalue weighted by molar-refractivity contribution is 7.89. The lowest BCUT2D eigenvalue weighted by molar-refractivity contribution is 0.0730. The molecule has 1 aliphatic heterocycles. The molecule has 1 amide bonds. The van der Waals surface area contributed by atoms with E-state index in [4.69, 9.17) is 9.15 Å². The summed E-state index contributed by atoms with van der Waals surface area (Å²) < 4.78 is 38.2. The van der Waals surface area contributed by atoms with Gasteiger partial charge in [0.15, 0.2) is 11.5 Å². The number of fused-ring (bicyclic) bond motifs is 2. The van der Waals surface area contributed by atoms with Crippen LogP contribution in [-0.4, -0.2) is 54.9 Å². The number of amides is 1. The molecule has 3 heterocycles. The maximum absolute atomic E-state index is 13.1. The Labute approximate surface area is 188 Å². The first-order valence-corrected chi connectivity index (χ1v) is 11.7. The van der Waals surface area contributed by atoms with Gasteiger partial charge in [-0.2, -0.15) is 4.31 Å². The Bertz CT molecular complexity index is 1550. The molecule has 5 rings (SSSR count). The minimum atomic E-state index is -3.78. The molecule has 2 aromatic heterocycles. The van der Waals surface area contributed by atoms with Crippen molar-refractivity contribution in [2.24, 2.45) is 0 Å². The van der Waals surface area contributed by atoms with E-state index in [1.54, 1.807) is 25.1 Å². The predicted octanol–water partition coefficient (Wildman–Crippen LogP) is 2.25. The summed E-state index contributed by atoms with van der Waals surface area (Å²) in [7, 11) is -3.78. The molecule has 0 atom stereocenters. The van der Waals surface area contributed by atoms with E-state index in [0.717, 1.165) is 6.07 Å². The number of hydrogen-bond donors (Lipinski definition) is 2. The minimum absolute atomic E-state index is 0.0385. The number of carbonyl (C=O) groups is 1. The largest absolute Gasteiger partial charge is 0.441 e. The van der Waals surface area contributed by atoms with Gasteiger partial charge in [-0.05, 0) is 30.3 Å². The quantitative estimate of drug-likeness (QED) is 0.469. The summed E-state index contributed by atoms with van der Waals surface area (Å²) in [6, 6.07) is 10.5. The van der Waals surface area contributed by atoms with E-state index in [2.05, 4.69) is 15.3 Å². The molecule has 2 aromatic carbocycles. The summed E-state index contributed by atoms with van der Waals surface area (Å²) in [5.41, 5.74) is 1.56. The zero-order chi connectivity index (χ0) is 23.2. The summed E-state index contributed by atoms with van der Waals surface area (Å²) in [6.45, 7) is 2.88. The van der Waals surface area contributed by atoms with Crippen molar-refractivity contribution in [3.8, 4) is 0 Å². The number of rotatable bonds is 4. The SMILES string of the molecule is Cc1nc2ccc(NC(=O)c3cc(=O)[nH]c4ccc(S(=O)(=O)N5CCOCC5)cc34)cc2o1. The van der Waals surface area contributed by atoms with Crippen molar-refractivity contribution >= 4 is 43.6 Å². The molecule has 1 fully saturated rings. The van der Waals surface area contributed by atoms with Crippen LogP contribution in [-0.2, 0) is 14.8 Å². The number of pyridine rings is 1. The van der Waals surface area contributed by atoms with Crippen molar-refractivity contribution in [2.75, 3.05) is 31.6 Å². The molecule has 10 nitrogen and oxygen atoms in total. The normalized spacial score (nSPS) is 15.2. The summed E-state index contributed by atoms with van der Waals surface area (Å²) in [5.74, 6) is -0.0503. The molecule has 0 unspecified atom stereocenters. The Balaban J connectivity index is 1.54. The molecule has 33 heavy (non-hydrogen) atoms. The fraction of sp³-hybridized carbons (Fsp3) is 0.227. The van der Waals surface area contributed by atoms with E-state index < -0.39 is 21.5 Å². The number of benzene rings is 2. The number of aryl methyl sites for hydroxylation is 1. The minimum Gasteiger partial charge on any atom is -0.441 e. The van der Waals surface area contributed by atoms with Gasteiger partial charge < -0.3 is 19.5 Å². The van der Waals surface area contributed by atoms with E-state index >= 15 is 0 Å². The summed E-state index contributed by atoms with van der Waals surface area (Å²) in [5, 5.41) is 3.06. The smallest absolute Gasteiger partial charge is 0.256 e. The number of aromatic amines is 1. The van der Waals surface area contributed by atoms with Crippen LogP contribution in [0.1, 0.15) is 16.2 Å². The molecule has 0 aliphatic carbocycles. The van der Waals surface area contributed by atoms with Crippen LogP contribution in [0.5, 0.6) is 0 Å². The van der Waals surface area contributed by atoms with E-state index in [1.165, 1.54) is 22.5 Å². The third-order valence-electron chi connectivity index (χ3n) is 5.42. The van der Waals surface area contributed by atoms with Crippen LogP contribution < -0.4 is 10.9 Å². The van der Waals surface area contributed by atoms with Gasteiger partial charge in [0.05, 0.1) is 23.7 Å². The summed E-state index contributed by atoms with van der Waals surface area (Å²) >= 11 is 0. The third kappa shape index (κ3) is 4.01. The van der Waals surface area contributed by atoms with Gasteiger partial charge >= 0.3 is 0 Å².